The van der Waals surface area contributed by atoms with Gasteiger partial charge in [0.1, 0.15) is 0 Å². The van der Waals surface area contributed by atoms with Gasteiger partial charge in [0.05, 0.1) is 10.6 Å². The number of aryl methyl sites for hydroxylation is 1. The summed E-state index contributed by atoms with van der Waals surface area (Å²) >= 11 is 6.03. The van der Waals surface area contributed by atoms with Crippen molar-refractivity contribution in [1.29, 1.82) is 0 Å². The number of halogens is 1. The number of fused-ring (bicyclic) bond motifs is 1. The molecule has 4 nitrogen and oxygen atoms in total. The highest BCUT2D eigenvalue weighted by atomic mass is 35.5. The molecule has 0 bridgehead atoms. The molecule has 1 aliphatic rings. The van der Waals surface area contributed by atoms with E-state index in [2.05, 4.69) is 5.32 Å². The normalized spacial score (nSPS) is 13.7. The summed E-state index contributed by atoms with van der Waals surface area (Å²) < 4.78 is 0. The number of benzene rings is 2. The van der Waals surface area contributed by atoms with E-state index in [4.69, 9.17) is 11.6 Å². The molecule has 2 aromatic rings. The number of anilines is 1. The van der Waals surface area contributed by atoms with Gasteiger partial charge < -0.3 is 10.2 Å². The fourth-order valence-electron chi connectivity index (χ4n) is 2.74. The van der Waals surface area contributed by atoms with Crippen molar-refractivity contribution in [2.24, 2.45) is 0 Å². The highest BCUT2D eigenvalue weighted by molar-refractivity contribution is 6.33. The largest absolute Gasteiger partial charge is 0.348 e. The molecule has 0 radical (unpaired) electrons. The molecular formula is C18H17ClN2O2. The third-order valence-electron chi connectivity index (χ3n) is 4.06. The molecule has 0 spiro atoms. The highest BCUT2D eigenvalue weighted by Gasteiger charge is 2.20. The van der Waals surface area contributed by atoms with Gasteiger partial charge in [-0.05, 0) is 35.7 Å². The van der Waals surface area contributed by atoms with Crippen molar-refractivity contribution in [2.45, 2.75) is 19.4 Å². The topological polar surface area (TPSA) is 49.4 Å². The molecule has 0 saturated carbocycles. The Morgan fingerprint density at radius 1 is 1.22 bits per heavy atom. The fraction of sp³-hybridized carbons (Fsp3) is 0.222. The van der Waals surface area contributed by atoms with Crippen molar-refractivity contribution in [3.05, 3.63) is 64.2 Å². The molecule has 1 aliphatic heterocycles. The van der Waals surface area contributed by atoms with Gasteiger partial charge in [-0.2, -0.15) is 0 Å². The minimum atomic E-state index is -0.194. The second-order valence-corrected chi connectivity index (χ2v) is 5.99. The molecule has 5 heteroatoms. The lowest BCUT2D eigenvalue weighted by Gasteiger charge is -2.26. The summed E-state index contributed by atoms with van der Waals surface area (Å²) in [6.45, 7) is 0.426. The van der Waals surface area contributed by atoms with E-state index in [9.17, 15) is 9.59 Å². The zero-order valence-corrected chi connectivity index (χ0v) is 13.6. The summed E-state index contributed by atoms with van der Waals surface area (Å²) in [7, 11) is 1.79. The van der Waals surface area contributed by atoms with Crippen molar-refractivity contribution >= 4 is 29.1 Å². The molecule has 3 rings (SSSR count). The molecule has 23 heavy (non-hydrogen) atoms. The predicted octanol–water partition coefficient (Wildman–Crippen LogP) is 3.18. The summed E-state index contributed by atoms with van der Waals surface area (Å²) in [4.78, 5) is 25.6. The van der Waals surface area contributed by atoms with Gasteiger partial charge in [0.15, 0.2) is 0 Å². The molecule has 0 fully saturated rings. The van der Waals surface area contributed by atoms with Crippen LogP contribution in [-0.4, -0.2) is 18.9 Å². The van der Waals surface area contributed by atoms with Crippen LogP contribution in [0.5, 0.6) is 0 Å². The molecule has 118 valence electrons. The molecule has 0 unspecified atom stereocenters. The van der Waals surface area contributed by atoms with Gasteiger partial charge in [0.2, 0.25) is 5.91 Å². The van der Waals surface area contributed by atoms with E-state index in [1.165, 1.54) is 0 Å². The van der Waals surface area contributed by atoms with Gasteiger partial charge >= 0.3 is 0 Å². The number of amides is 2. The molecule has 0 aliphatic carbocycles. The summed E-state index contributed by atoms with van der Waals surface area (Å²) in [6, 6.07) is 12.9. The Morgan fingerprint density at radius 2 is 2.00 bits per heavy atom. The molecule has 0 aromatic heterocycles. The van der Waals surface area contributed by atoms with Crippen LogP contribution in [-0.2, 0) is 17.8 Å². The van der Waals surface area contributed by atoms with Crippen LogP contribution in [0.4, 0.5) is 5.69 Å². The summed E-state index contributed by atoms with van der Waals surface area (Å²) in [5.74, 6) is -0.0575. The van der Waals surface area contributed by atoms with Gasteiger partial charge in [0, 0.05) is 25.7 Å². The summed E-state index contributed by atoms with van der Waals surface area (Å²) in [5, 5.41) is 3.32. The lowest BCUT2D eigenvalue weighted by atomic mass is 9.99. The van der Waals surface area contributed by atoms with Crippen molar-refractivity contribution < 1.29 is 9.59 Å². The zero-order chi connectivity index (χ0) is 16.4. The first kappa shape index (κ1) is 15.6. The standard InChI is InChI=1S/C18H17ClN2O2/c1-21-16-8-6-12(10-13(16)7-9-17(21)22)11-20-18(23)14-4-2-3-5-15(14)19/h2-6,8,10H,7,9,11H2,1H3,(H,20,23). The Hall–Kier alpha value is -2.33. The number of hydrogen-bond acceptors (Lipinski definition) is 2. The average molecular weight is 329 g/mol. The minimum absolute atomic E-state index is 0.136. The van der Waals surface area contributed by atoms with E-state index in [1.54, 1.807) is 36.2 Å². The minimum Gasteiger partial charge on any atom is -0.348 e. The number of carbonyl (C=O) groups is 2. The first-order chi connectivity index (χ1) is 11.1. The Morgan fingerprint density at radius 3 is 2.78 bits per heavy atom. The predicted molar refractivity (Wildman–Crippen MR) is 90.8 cm³/mol. The van der Waals surface area contributed by atoms with Crippen LogP contribution in [0.15, 0.2) is 42.5 Å². The van der Waals surface area contributed by atoms with Crippen molar-refractivity contribution in [3.8, 4) is 0 Å². The number of hydrogen-bond donors (Lipinski definition) is 1. The van der Waals surface area contributed by atoms with Crippen molar-refractivity contribution in [2.75, 3.05) is 11.9 Å². The second-order valence-electron chi connectivity index (χ2n) is 5.58. The lowest BCUT2D eigenvalue weighted by Crippen LogP contribution is -2.31. The van der Waals surface area contributed by atoms with Crippen molar-refractivity contribution in [1.82, 2.24) is 5.32 Å². The number of nitrogens with one attached hydrogen (secondary N) is 1. The van der Waals surface area contributed by atoms with Crippen molar-refractivity contribution in [3.63, 3.8) is 0 Å². The first-order valence-electron chi connectivity index (χ1n) is 7.47. The molecule has 0 atom stereocenters. The van der Waals surface area contributed by atoms with Crippen LogP contribution in [0.25, 0.3) is 0 Å². The number of carbonyl (C=O) groups excluding carboxylic acids is 2. The number of nitrogens with zero attached hydrogens (tertiary/aromatic N) is 1. The van der Waals surface area contributed by atoms with E-state index >= 15 is 0 Å². The van der Waals surface area contributed by atoms with Crippen LogP contribution in [0, 0.1) is 0 Å². The highest BCUT2D eigenvalue weighted by Crippen LogP contribution is 2.27. The van der Waals surface area contributed by atoms with E-state index in [0.717, 1.165) is 23.2 Å². The quantitative estimate of drug-likeness (QED) is 0.940. The smallest absolute Gasteiger partial charge is 0.253 e. The third kappa shape index (κ3) is 3.22. The van der Waals surface area contributed by atoms with Crippen LogP contribution in [0.1, 0.15) is 27.9 Å². The lowest BCUT2D eigenvalue weighted by molar-refractivity contribution is -0.118. The van der Waals surface area contributed by atoms with E-state index in [0.29, 0.717) is 23.6 Å². The Balaban J connectivity index is 1.71. The van der Waals surface area contributed by atoms with Gasteiger partial charge in [0.25, 0.3) is 5.91 Å². The molecule has 0 saturated heterocycles. The van der Waals surface area contributed by atoms with Gasteiger partial charge in [-0.1, -0.05) is 35.9 Å². The van der Waals surface area contributed by atoms with E-state index in [-0.39, 0.29) is 11.8 Å². The van der Waals surface area contributed by atoms with Gasteiger partial charge in [-0.15, -0.1) is 0 Å². The van der Waals surface area contributed by atoms with Crippen LogP contribution in [0.2, 0.25) is 5.02 Å². The molecular weight excluding hydrogens is 312 g/mol. The first-order valence-corrected chi connectivity index (χ1v) is 7.85. The van der Waals surface area contributed by atoms with Crippen LogP contribution < -0.4 is 10.2 Å². The monoisotopic (exact) mass is 328 g/mol. The maximum atomic E-state index is 12.2. The number of rotatable bonds is 3. The molecule has 2 amide bonds. The zero-order valence-electron chi connectivity index (χ0n) is 12.8. The van der Waals surface area contributed by atoms with Crippen LogP contribution in [0.3, 0.4) is 0 Å². The maximum absolute atomic E-state index is 12.2. The second kappa shape index (κ2) is 6.42. The van der Waals surface area contributed by atoms with E-state index in [1.807, 2.05) is 18.2 Å². The third-order valence-corrected chi connectivity index (χ3v) is 4.39. The SMILES string of the molecule is CN1C(=O)CCc2cc(CNC(=O)c3ccccc3Cl)ccc21. The van der Waals surface area contributed by atoms with Crippen LogP contribution >= 0.6 is 11.6 Å². The molecule has 1 heterocycles. The molecule has 2 aromatic carbocycles. The fourth-order valence-corrected chi connectivity index (χ4v) is 2.96. The summed E-state index contributed by atoms with van der Waals surface area (Å²) in [6.07, 6.45) is 1.27. The Bertz CT molecular complexity index is 773. The van der Waals surface area contributed by atoms with E-state index < -0.39 is 0 Å². The van der Waals surface area contributed by atoms with Gasteiger partial charge in [-0.3, -0.25) is 9.59 Å². The average Bonchev–Trinajstić information content (AvgIpc) is 2.56. The Labute approximate surface area is 140 Å². The Kier molecular flexibility index (Phi) is 4.35. The summed E-state index contributed by atoms with van der Waals surface area (Å²) in [5.41, 5.74) is 3.56. The van der Waals surface area contributed by atoms with Gasteiger partial charge in [-0.25, -0.2) is 0 Å². The molecule has 1 N–H and O–H groups in total. The maximum Gasteiger partial charge on any atom is 0.253 e.